The molecule has 0 aliphatic heterocycles. The summed E-state index contributed by atoms with van der Waals surface area (Å²) in [5.74, 6) is -3.34. The van der Waals surface area contributed by atoms with Crippen LogP contribution in [-0.2, 0) is 38.1 Å². The predicted molar refractivity (Wildman–Crippen MR) is 90.5 cm³/mol. The molecule has 0 heterocycles. The van der Waals surface area contributed by atoms with E-state index in [0.717, 1.165) is 28.4 Å². The summed E-state index contributed by atoms with van der Waals surface area (Å²) in [6.45, 7) is 0. The number of benzene rings is 1. The van der Waals surface area contributed by atoms with Crippen LogP contribution in [0.5, 0.6) is 0 Å². The normalized spacial score (nSPS) is 9.38. The molecule has 0 aromatic heterocycles. The van der Waals surface area contributed by atoms with Crippen LogP contribution in [0.2, 0.25) is 0 Å². The number of carbonyl (C=O) groups excluding carboxylic acids is 4. The van der Waals surface area contributed by atoms with Gasteiger partial charge in [-0.15, -0.1) is 0 Å². The van der Waals surface area contributed by atoms with E-state index in [1.54, 1.807) is 24.3 Å². The predicted octanol–water partition coefficient (Wildman–Crippen LogP) is 1.15. The average molecular weight is 362 g/mol. The summed E-state index contributed by atoms with van der Waals surface area (Å²) >= 11 is 0. The molecule has 0 saturated carbocycles. The van der Waals surface area contributed by atoms with Crippen molar-refractivity contribution in [2.75, 3.05) is 28.4 Å². The van der Waals surface area contributed by atoms with E-state index in [0.29, 0.717) is 11.1 Å². The third-order valence-electron chi connectivity index (χ3n) is 3.18. The number of ether oxygens (including phenoxy) is 4. The van der Waals surface area contributed by atoms with E-state index in [9.17, 15) is 19.2 Å². The average Bonchev–Trinajstić information content (AvgIpc) is 2.68. The van der Waals surface area contributed by atoms with Gasteiger partial charge in [0.2, 0.25) is 0 Å². The second-order valence-electron chi connectivity index (χ2n) is 4.75. The number of esters is 4. The van der Waals surface area contributed by atoms with E-state index < -0.39 is 23.9 Å². The van der Waals surface area contributed by atoms with Crippen LogP contribution < -0.4 is 0 Å². The highest BCUT2D eigenvalue weighted by molar-refractivity contribution is 6.18. The van der Waals surface area contributed by atoms with Crippen LogP contribution in [0, 0.1) is 0 Å². The van der Waals surface area contributed by atoms with Crippen molar-refractivity contribution in [3.8, 4) is 0 Å². The van der Waals surface area contributed by atoms with Gasteiger partial charge < -0.3 is 18.9 Å². The van der Waals surface area contributed by atoms with Gasteiger partial charge in [0.25, 0.3) is 0 Å². The standard InChI is InChI=1S/C18H18O8/c1-23-15(19)13(16(20)24-2)9-11-5-7-12(8-6-11)10-14(17(21)25-3)18(22)26-4/h5-10H,1-4H3. The molecule has 0 N–H and O–H groups in total. The summed E-state index contributed by atoms with van der Waals surface area (Å²) in [6, 6.07) is 6.29. The molecule has 0 aliphatic rings. The number of hydrogen-bond acceptors (Lipinski definition) is 8. The van der Waals surface area contributed by atoms with Crippen molar-refractivity contribution in [2.24, 2.45) is 0 Å². The monoisotopic (exact) mass is 362 g/mol. The molecule has 0 fully saturated rings. The lowest BCUT2D eigenvalue weighted by molar-refractivity contribution is -0.145. The van der Waals surface area contributed by atoms with Gasteiger partial charge in [0.1, 0.15) is 11.1 Å². The van der Waals surface area contributed by atoms with E-state index >= 15 is 0 Å². The fraction of sp³-hybridized carbons (Fsp3) is 0.222. The van der Waals surface area contributed by atoms with Crippen molar-refractivity contribution in [3.63, 3.8) is 0 Å². The molecule has 0 bridgehead atoms. The first-order valence-electron chi connectivity index (χ1n) is 7.24. The Balaban J connectivity index is 3.21. The second-order valence-corrected chi connectivity index (χ2v) is 4.75. The fourth-order valence-electron chi connectivity index (χ4n) is 1.86. The smallest absolute Gasteiger partial charge is 0.345 e. The van der Waals surface area contributed by atoms with Gasteiger partial charge in [-0.2, -0.15) is 0 Å². The van der Waals surface area contributed by atoms with Gasteiger partial charge in [-0.25, -0.2) is 19.2 Å². The summed E-state index contributed by atoms with van der Waals surface area (Å²) in [4.78, 5) is 46.6. The molecule has 1 rings (SSSR count). The Morgan fingerprint density at radius 2 is 0.808 bits per heavy atom. The van der Waals surface area contributed by atoms with Crippen molar-refractivity contribution in [3.05, 3.63) is 46.5 Å². The maximum Gasteiger partial charge on any atom is 0.345 e. The zero-order valence-electron chi connectivity index (χ0n) is 14.7. The Labute approximate surface area is 150 Å². The lowest BCUT2D eigenvalue weighted by Crippen LogP contribution is -2.15. The van der Waals surface area contributed by atoms with Gasteiger partial charge in [-0.1, -0.05) is 24.3 Å². The first-order valence-corrected chi connectivity index (χ1v) is 7.24. The van der Waals surface area contributed by atoms with Gasteiger partial charge in [-0.3, -0.25) is 0 Å². The summed E-state index contributed by atoms with van der Waals surface area (Å²) in [6.07, 6.45) is 2.60. The van der Waals surface area contributed by atoms with Crippen LogP contribution in [0.3, 0.4) is 0 Å². The number of rotatable bonds is 6. The van der Waals surface area contributed by atoms with Gasteiger partial charge in [-0.05, 0) is 23.3 Å². The van der Waals surface area contributed by atoms with E-state index in [1.807, 2.05) is 0 Å². The molecule has 138 valence electrons. The molecule has 26 heavy (non-hydrogen) atoms. The molecule has 8 nitrogen and oxygen atoms in total. The van der Waals surface area contributed by atoms with Gasteiger partial charge in [0.15, 0.2) is 0 Å². The zero-order valence-corrected chi connectivity index (χ0v) is 14.7. The van der Waals surface area contributed by atoms with Crippen LogP contribution in [0.25, 0.3) is 12.2 Å². The first kappa shape index (κ1) is 20.6. The number of methoxy groups -OCH3 is 4. The first-order chi connectivity index (χ1) is 12.4. The SMILES string of the molecule is COC(=O)C(=Cc1ccc(C=C(C(=O)OC)C(=O)OC)cc1)C(=O)OC. The summed E-state index contributed by atoms with van der Waals surface area (Å²) in [5.41, 5.74) is 0.461. The highest BCUT2D eigenvalue weighted by Gasteiger charge is 2.20. The molecular formula is C18H18O8. The Morgan fingerprint density at radius 1 is 0.577 bits per heavy atom. The molecule has 0 amide bonds. The maximum atomic E-state index is 11.6. The topological polar surface area (TPSA) is 105 Å². The molecule has 1 aromatic carbocycles. The molecule has 0 saturated heterocycles. The van der Waals surface area contributed by atoms with Gasteiger partial charge in [0.05, 0.1) is 28.4 Å². The molecule has 0 atom stereocenters. The van der Waals surface area contributed by atoms with Crippen molar-refractivity contribution < 1.29 is 38.1 Å². The van der Waals surface area contributed by atoms with E-state index in [4.69, 9.17) is 0 Å². The molecular weight excluding hydrogens is 344 g/mol. The summed E-state index contributed by atoms with van der Waals surface area (Å²) in [7, 11) is 4.59. The van der Waals surface area contributed by atoms with Crippen molar-refractivity contribution in [1.29, 1.82) is 0 Å². The molecule has 0 unspecified atom stereocenters. The van der Waals surface area contributed by atoms with Crippen LogP contribution in [0.1, 0.15) is 11.1 Å². The van der Waals surface area contributed by atoms with E-state index in [-0.39, 0.29) is 11.1 Å². The Hall–Kier alpha value is -3.42. The van der Waals surface area contributed by atoms with Crippen molar-refractivity contribution >= 4 is 36.0 Å². The quantitative estimate of drug-likeness (QED) is 0.244. The third-order valence-corrected chi connectivity index (χ3v) is 3.18. The van der Waals surface area contributed by atoms with Crippen LogP contribution in [0.15, 0.2) is 35.4 Å². The van der Waals surface area contributed by atoms with Crippen LogP contribution >= 0.6 is 0 Å². The third kappa shape index (κ3) is 5.30. The molecule has 8 heteroatoms. The highest BCUT2D eigenvalue weighted by atomic mass is 16.5. The number of hydrogen-bond donors (Lipinski definition) is 0. The number of carbonyl (C=O) groups is 4. The summed E-state index contributed by atoms with van der Waals surface area (Å²) in [5, 5.41) is 0. The van der Waals surface area contributed by atoms with Crippen LogP contribution in [-0.4, -0.2) is 52.3 Å². The minimum absolute atomic E-state index is 0.275. The van der Waals surface area contributed by atoms with Crippen LogP contribution in [0.4, 0.5) is 0 Å². The Morgan fingerprint density at radius 3 is 1.00 bits per heavy atom. The maximum absolute atomic E-state index is 11.6. The minimum atomic E-state index is -0.834. The molecule has 0 aliphatic carbocycles. The largest absolute Gasteiger partial charge is 0.465 e. The van der Waals surface area contributed by atoms with Crippen molar-refractivity contribution in [2.45, 2.75) is 0 Å². The molecule has 0 radical (unpaired) electrons. The lowest BCUT2D eigenvalue weighted by Gasteiger charge is -2.05. The fourth-order valence-corrected chi connectivity index (χ4v) is 1.86. The van der Waals surface area contributed by atoms with Gasteiger partial charge in [0, 0.05) is 0 Å². The van der Waals surface area contributed by atoms with Crippen molar-refractivity contribution in [1.82, 2.24) is 0 Å². The zero-order chi connectivity index (χ0) is 19.7. The van der Waals surface area contributed by atoms with E-state index in [1.165, 1.54) is 12.2 Å². The molecule has 1 aromatic rings. The van der Waals surface area contributed by atoms with Gasteiger partial charge >= 0.3 is 23.9 Å². The summed E-state index contributed by atoms with van der Waals surface area (Å²) < 4.78 is 18.2. The Kier molecular flexibility index (Phi) is 7.75. The second kappa shape index (κ2) is 9.77. The highest BCUT2D eigenvalue weighted by Crippen LogP contribution is 2.14. The Bertz CT molecular complexity index is 655. The lowest BCUT2D eigenvalue weighted by atomic mass is 10.1. The van der Waals surface area contributed by atoms with E-state index in [2.05, 4.69) is 18.9 Å². The minimum Gasteiger partial charge on any atom is -0.465 e. The molecule has 0 spiro atoms.